The van der Waals surface area contributed by atoms with Gasteiger partial charge in [0, 0.05) is 16.9 Å². The number of likely N-dealkylation sites (tertiary alicyclic amines) is 1. The van der Waals surface area contributed by atoms with Crippen LogP contribution in [0, 0.1) is 11.8 Å². The standard InChI is InChI=1S/C32H43BrN2O6/c1-6-8-9-13-17-40-30(39)24-25-28(37)35(22(20-36)18-21-14-11-10-12-15-21)27(32(25)19-23(33)26(24)41-32)29(38)34(16-7-2)31(3,4)5/h6-7,10-12,14-15,22-27,36H,1-2,8-9,13,16-20H2,3-5H3/t22-,23?,24-,25+,26-,27?,32?/m1/s1. The number of aliphatic hydroxyl groups excluding tert-OH is 1. The lowest BCUT2D eigenvalue weighted by molar-refractivity contribution is -0.157. The van der Waals surface area contributed by atoms with E-state index in [4.69, 9.17) is 9.47 Å². The Balaban J connectivity index is 1.75. The van der Waals surface area contributed by atoms with Gasteiger partial charge in [0.15, 0.2) is 0 Å². The molecule has 3 saturated heterocycles. The van der Waals surface area contributed by atoms with Gasteiger partial charge in [-0.25, -0.2) is 0 Å². The summed E-state index contributed by atoms with van der Waals surface area (Å²) in [5, 5.41) is 10.6. The Morgan fingerprint density at radius 1 is 1.24 bits per heavy atom. The van der Waals surface area contributed by atoms with Gasteiger partial charge >= 0.3 is 5.97 Å². The van der Waals surface area contributed by atoms with Crippen molar-refractivity contribution in [3.8, 4) is 0 Å². The Morgan fingerprint density at radius 2 is 1.95 bits per heavy atom. The molecule has 1 aromatic rings. The predicted molar refractivity (Wildman–Crippen MR) is 160 cm³/mol. The molecule has 0 aromatic heterocycles. The molecule has 3 heterocycles. The van der Waals surface area contributed by atoms with Gasteiger partial charge in [-0.15, -0.1) is 13.2 Å². The van der Waals surface area contributed by atoms with Crippen LogP contribution >= 0.6 is 15.9 Å². The highest BCUT2D eigenvalue weighted by Gasteiger charge is 2.77. The summed E-state index contributed by atoms with van der Waals surface area (Å²) >= 11 is 3.71. The number of amides is 2. The number of benzene rings is 1. The van der Waals surface area contributed by atoms with Crippen LogP contribution in [0.5, 0.6) is 0 Å². The number of halogens is 1. The third-order valence-electron chi connectivity index (χ3n) is 8.59. The number of alkyl halides is 1. The number of aliphatic hydroxyl groups is 1. The normalized spacial score (nSPS) is 29.2. The maximum Gasteiger partial charge on any atom is 0.312 e. The van der Waals surface area contributed by atoms with Crippen molar-refractivity contribution in [2.24, 2.45) is 11.8 Å². The Morgan fingerprint density at radius 3 is 2.56 bits per heavy atom. The van der Waals surface area contributed by atoms with E-state index in [0.29, 0.717) is 19.3 Å². The van der Waals surface area contributed by atoms with Crippen molar-refractivity contribution in [2.75, 3.05) is 19.8 Å². The average molecular weight is 632 g/mol. The maximum absolute atomic E-state index is 14.6. The van der Waals surface area contributed by atoms with E-state index in [-0.39, 0.29) is 36.4 Å². The summed E-state index contributed by atoms with van der Waals surface area (Å²) in [6.45, 7) is 13.6. The molecule has 9 heteroatoms. The first kappa shape index (κ1) is 31.4. The number of carbonyl (C=O) groups is 3. The Bertz CT molecular complexity index is 1140. The van der Waals surface area contributed by atoms with E-state index in [2.05, 4.69) is 29.1 Å². The topological polar surface area (TPSA) is 96.4 Å². The second-order valence-electron chi connectivity index (χ2n) is 12.3. The van der Waals surface area contributed by atoms with Crippen LogP contribution in [0.2, 0.25) is 0 Å². The smallest absolute Gasteiger partial charge is 0.312 e. The molecule has 3 aliphatic heterocycles. The highest BCUT2D eigenvalue weighted by atomic mass is 79.9. The summed E-state index contributed by atoms with van der Waals surface area (Å²) in [5.41, 5.74) is -0.872. The van der Waals surface area contributed by atoms with Gasteiger partial charge in [-0.2, -0.15) is 0 Å². The lowest BCUT2D eigenvalue weighted by Gasteiger charge is -2.43. The van der Waals surface area contributed by atoms with E-state index in [0.717, 1.165) is 18.4 Å². The molecule has 224 valence electrons. The van der Waals surface area contributed by atoms with E-state index < -0.39 is 47.1 Å². The second-order valence-corrected chi connectivity index (χ2v) is 13.5. The molecule has 2 bridgehead atoms. The Kier molecular flexibility index (Phi) is 9.81. The summed E-state index contributed by atoms with van der Waals surface area (Å²) in [5.74, 6) is -2.83. The fraction of sp³-hybridized carbons (Fsp3) is 0.594. The van der Waals surface area contributed by atoms with E-state index in [1.165, 1.54) is 4.90 Å². The minimum atomic E-state index is -1.23. The first-order valence-electron chi connectivity index (χ1n) is 14.5. The number of nitrogens with zero attached hydrogens (tertiary/aromatic N) is 2. The SMILES string of the molecule is C=CCCCCOC(=O)[C@H]1[C@@H]2OC3(CC2Br)C(C(=O)N(CC=C)C(C)(C)C)N([C@@H](CO)Cc2ccccc2)C(=O)[C@H]13. The molecule has 8 nitrogen and oxygen atoms in total. The van der Waals surface area contributed by atoms with Crippen molar-refractivity contribution in [3.63, 3.8) is 0 Å². The molecule has 0 saturated carbocycles. The molecule has 1 aromatic carbocycles. The van der Waals surface area contributed by atoms with Crippen LogP contribution in [0.25, 0.3) is 0 Å². The fourth-order valence-corrected chi connectivity index (χ4v) is 7.72. The third kappa shape index (κ3) is 5.90. The number of rotatable bonds is 13. The highest BCUT2D eigenvalue weighted by Crippen LogP contribution is 2.61. The summed E-state index contributed by atoms with van der Waals surface area (Å²) < 4.78 is 12.3. The van der Waals surface area contributed by atoms with Crippen LogP contribution < -0.4 is 0 Å². The molecule has 4 rings (SSSR count). The van der Waals surface area contributed by atoms with Crippen LogP contribution in [0.15, 0.2) is 55.6 Å². The fourth-order valence-electron chi connectivity index (χ4n) is 6.78. The molecule has 7 atom stereocenters. The van der Waals surface area contributed by atoms with Crippen molar-refractivity contribution in [1.82, 2.24) is 9.80 Å². The largest absolute Gasteiger partial charge is 0.465 e. The number of fused-ring (bicyclic) bond motifs is 1. The van der Waals surface area contributed by atoms with Gasteiger partial charge in [-0.05, 0) is 58.4 Å². The zero-order valence-electron chi connectivity index (χ0n) is 24.3. The Labute approximate surface area is 251 Å². The summed E-state index contributed by atoms with van der Waals surface area (Å²) in [6, 6.07) is 7.87. The van der Waals surface area contributed by atoms with E-state index in [9.17, 15) is 19.5 Å². The van der Waals surface area contributed by atoms with Gasteiger partial charge in [0.25, 0.3) is 0 Å². The van der Waals surface area contributed by atoms with Gasteiger partial charge in [0.1, 0.15) is 11.6 Å². The molecule has 1 N–H and O–H groups in total. The van der Waals surface area contributed by atoms with Crippen LogP contribution in [0.1, 0.15) is 52.0 Å². The number of hydrogen-bond donors (Lipinski definition) is 1. The molecular formula is C32H43BrN2O6. The maximum atomic E-state index is 14.6. The van der Waals surface area contributed by atoms with Gasteiger partial charge in [0.2, 0.25) is 11.8 Å². The summed E-state index contributed by atoms with van der Waals surface area (Å²) in [4.78, 5) is 45.6. The predicted octanol–water partition coefficient (Wildman–Crippen LogP) is 4.05. The van der Waals surface area contributed by atoms with E-state index in [1.807, 2.05) is 57.2 Å². The Hall–Kier alpha value is -2.49. The molecule has 0 aliphatic carbocycles. The molecule has 0 radical (unpaired) electrons. The van der Waals surface area contributed by atoms with Gasteiger partial charge in [0.05, 0.1) is 37.2 Å². The van der Waals surface area contributed by atoms with Crippen LogP contribution in [0.4, 0.5) is 0 Å². The van der Waals surface area contributed by atoms with Crippen LogP contribution in [0.3, 0.4) is 0 Å². The van der Waals surface area contributed by atoms with E-state index in [1.54, 1.807) is 11.0 Å². The minimum absolute atomic E-state index is 0.232. The zero-order chi connectivity index (χ0) is 29.9. The number of allylic oxidation sites excluding steroid dienone is 1. The zero-order valence-corrected chi connectivity index (χ0v) is 25.9. The van der Waals surface area contributed by atoms with Crippen molar-refractivity contribution in [3.05, 3.63) is 61.2 Å². The first-order valence-corrected chi connectivity index (χ1v) is 15.4. The summed E-state index contributed by atoms with van der Waals surface area (Å²) in [6.07, 6.45) is 6.02. The van der Waals surface area contributed by atoms with Crippen molar-refractivity contribution in [2.45, 2.75) is 87.0 Å². The number of hydrogen-bond acceptors (Lipinski definition) is 6. The molecule has 2 amide bonds. The van der Waals surface area contributed by atoms with E-state index >= 15 is 0 Å². The lowest BCUT2D eigenvalue weighted by Crippen LogP contribution is -2.62. The molecule has 3 fully saturated rings. The average Bonchev–Trinajstić information content (AvgIpc) is 3.53. The number of unbranched alkanes of at least 4 members (excludes halogenated alkanes) is 2. The first-order chi connectivity index (χ1) is 19.5. The molecule has 1 spiro atoms. The van der Waals surface area contributed by atoms with Gasteiger partial charge < -0.3 is 24.4 Å². The van der Waals surface area contributed by atoms with Crippen LogP contribution in [-0.4, -0.2) is 86.6 Å². The van der Waals surface area contributed by atoms with Crippen molar-refractivity contribution in [1.29, 1.82) is 0 Å². The molecule has 3 unspecified atom stereocenters. The number of carbonyl (C=O) groups excluding carboxylic acids is 3. The van der Waals surface area contributed by atoms with Gasteiger partial charge in [-0.3, -0.25) is 14.4 Å². The van der Waals surface area contributed by atoms with Crippen molar-refractivity contribution < 1.29 is 29.0 Å². The lowest BCUT2D eigenvalue weighted by atomic mass is 9.70. The van der Waals surface area contributed by atoms with Crippen LogP contribution in [-0.2, 0) is 30.3 Å². The monoisotopic (exact) mass is 630 g/mol. The molecule has 41 heavy (non-hydrogen) atoms. The third-order valence-corrected chi connectivity index (χ3v) is 9.43. The van der Waals surface area contributed by atoms with Crippen molar-refractivity contribution >= 4 is 33.7 Å². The minimum Gasteiger partial charge on any atom is -0.465 e. The summed E-state index contributed by atoms with van der Waals surface area (Å²) in [7, 11) is 0. The highest BCUT2D eigenvalue weighted by molar-refractivity contribution is 9.09. The second kappa shape index (κ2) is 12.8. The molecular weight excluding hydrogens is 588 g/mol. The quantitative estimate of drug-likeness (QED) is 0.153. The van der Waals surface area contributed by atoms with Gasteiger partial charge in [-0.1, -0.05) is 58.4 Å². The number of ether oxygens (including phenoxy) is 2. The molecule has 3 aliphatic rings. The number of esters is 1.